The lowest BCUT2D eigenvalue weighted by Gasteiger charge is -2.29. The van der Waals surface area contributed by atoms with Crippen LogP contribution in [0.3, 0.4) is 0 Å². The van der Waals surface area contributed by atoms with E-state index in [4.69, 9.17) is 4.74 Å². The van der Waals surface area contributed by atoms with E-state index in [-0.39, 0.29) is 5.91 Å². The maximum atomic E-state index is 12.4. The molecule has 114 valence electrons. The van der Waals surface area contributed by atoms with Gasteiger partial charge in [-0.05, 0) is 31.5 Å². The fourth-order valence-corrected chi connectivity index (χ4v) is 2.84. The third-order valence-corrected chi connectivity index (χ3v) is 4.01. The van der Waals surface area contributed by atoms with E-state index in [9.17, 15) is 4.79 Å². The minimum Gasteiger partial charge on any atom is -0.378 e. The van der Waals surface area contributed by atoms with Crippen LogP contribution in [0.2, 0.25) is 0 Å². The van der Waals surface area contributed by atoms with Crippen LogP contribution in [0, 0.1) is 0 Å². The molecule has 0 aromatic carbocycles. The largest absolute Gasteiger partial charge is 0.378 e. The van der Waals surface area contributed by atoms with Crippen molar-refractivity contribution >= 4 is 11.7 Å². The highest BCUT2D eigenvalue weighted by Crippen LogP contribution is 2.18. The number of anilines is 1. The van der Waals surface area contributed by atoms with Crippen LogP contribution in [0.5, 0.6) is 0 Å². The van der Waals surface area contributed by atoms with E-state index in [2.05, 4.69) is 20.5 Å². The Morgan fingerprint density at radius 3 is 3.10 bits per heavy atom. The van der Waals surface area contributed by atoms with Gasteiger partial charge in [0, 0.05) is 31.9 Å². The van der Waals surface area contributed by atoms with E-state index in [1.165, 1.54) is 6.42 Å². The number of ether oxygens (including phenoxy) is 1. The number of aromatic nitrogens is 1. The Kier molecular flexibility index (Phi) is 4.67. The number of hydrogen-bond acceptors (Lipinski definition) is 5. The molecule has 2 fully saturated rings. The average Bonchev–Trinajstić information content (AvgIpc) is 3.07. The van der Waals surface area contributed by atoms with Gasteiger partial charge in [0.05, 0.1) is 18.8 Å². The monoisotopic (exact) mass is 290 g/mol. The maximum Gasteiger partial charge on any atom is 0.255 e. The number of carbonyl (C=O) groups is 1. The van der Waals surface area contributed by atoms with Gasteiger partial charge >= 0.3 is 0 Å². The van der Waals surface area contributed by atoms with Gasteiger partial charge in [0.2, 0.25) is 0 Å². The lowest BCUT2D eigenvalue weighted by molar-refractivity contribution is 0.0948. The van der Waals surface area contributed by atoms with E-state index >= 15 is 0 Å². The Bertz CT molecular complexity index is 482. The smallest absolute Gasteiger partial charge is 0.255 e. The number of rotatable bonds is 4. The molecule has 2 saturated heterocycles. The molecule has 6 heteroatoms. The van der Waals surface area contributed by atoms with Crippen molar-refractivity contribution in [1.82, 2.24) is 15.6 Å². The molecule has 1 aromatic rings. The van der Waals surface area contributed by atoms with Crippen LogP contribution in [0.15, 0.2) is 18.3 Å². The van der Waals surface area contributed by atoms with Crippen molar-refractivity contribution in [1.29, 1.82) is 0 Å². The fraction of sp³-hybridized carbons (Fsp3) is 0.600. The Balaban J connectivity index is 1.66. The second-order valence-corrected chi connectivity index (χ2v) is 5.48. The number of morpholine rings is 1. The lowest BCUT2D eigenvalue weighted by atomic mass is 10.2. The third-order valence-electron chi connectivity index (χ3n) is 4.01. The summed E-state index contributed by atoms with van der Waals surface area (Å²) >= 11 is 0. The van der Waals surface area contributed by atoms with Gasteiger partial charge in [0.25, 0.3) is 5.91 Å². The summed E-state index contributed by atoms with van der Waals surface area (Å²) in [5.74, 6) is 0.718. The highest BCUT2D eigenvalue weighted by Gasteiger charge is 2.21. The molecular weight excluding hydrogens is 268 g/mol. The quantitative estimate of drug-likeness (QED) is 0.840. The molecule has 2 aliphatic heterocycles. The van der Waals surface area contributed by atoms with Gasteiger partial charge in [-0.1, -0.05) is 0 Å². The number of nitrogens with one attached hydrogen (secondary N) is 2. The molecule has 0 radical (unpaired) electrons. The number of hydrogen-bond donors (Lipinski definition) is 2. The first-order valence-corrected chi connectivity index (χ1v) is 7.64. The van der Waals surface area contributed by atoms with Gasteiger partial charge in [-0.2, -0.15) is 0 Å². The lowest BCUT2D eigenvalue weighted by Crippen LogP contribution is -2.40. The second-order valence-electron chi connectivity index (χ2n) is 5.48. The van der Waals surface area contributed by atoms with Crippen LogP contribution in [0.25, 0.3) is 0 Å². The Morgan fingerprint density at radius 1 is 1.48 bits per heavy atom. The van der Waals surface area contributed by atoms with E-state index < -0.39 is 0 Å². The molecular formula is C15H22N4O2. The molecule has 0 spiro atoms. The molecule has 2 aliphatic rings. The highest BCUT2D eigenvalue weighted by molar-refractivity contribution is 5.98. The second kappa shape index (κ2) is 6.87. The van der Waals surface area contributed by atoms with Gasteiger partial charge in [-0.25, -0.2) is 4.98 Å². The summed E-state index contributed by atoms with van der Waals surface area (Å²) in [5, 5.41) is 6.41. The molecule has 1 aromatic heterocycles. The fourth-order valence-electron chi connectivity index (χ4n) is 2.84. The summed E-state index contributed by atoms with van der Waals surface area (Å²) in [4.78, 5) is 18.9. The van der Waals surface area contributed by atoms with Crippen molar-refractivity contribution in [2.75, 3.05) is 44.3 Å². The predicted octanol–water partition coefficient (Wildman–Crippen LogP) is 0.400. The first kappa shape index (κ1) is 14.3. The zero-order chi connectivity index (χ0) is 14.5. The van der Waals surface area contributed by atoms with Crippen LogP contribution in [-0.4, -0.2) is 56.3 Å². The van der Waals surface area contributed by atoms with Crippen molar-refractivity contribution in [2.24, 2.45) is 0 Å². The molecule has 3 rings (SSSR count). The van der Waals surface area contributed by atoms with Crippen molar-refractivity contribution in [3.63, 3.8) is 0 Å². The number of carbonyl (C=O) groups excluding carboxylic acids is 1. The summed E-state index contributed by atoms with van der Waals surface area (Å²) in [6.07, 6.45) is 4.05. The van der Waals surface area contributed by atoms with E-state index in [0.717, 1.165) is 31.9 Å². The SMILES string of the molecule is O=C(NCC1CCCN1)c1cccnc1N1CCOCC1. The number of pyridine rings is 1. The summed E-state index contributed by atoms with van der Waals surface area (Å²) < 4.78 is 5.36. The van der Waals surface area contributed by atoms with E-state index in [1.54, 1.807) is 6.20 Å². The van der Waals surface area contributed by atoms with Crippen molar-refractivity contribution < 1.29 is 9.53 Å². The molecule has 0 bridgehead atoms. The molecule has 21 heavy (non-hydrogen) atoms. The Hall–Kier alpha value is -1.66. The molecule has 2 N–H and O–H groups in total. The minimum absolute atomic E-state index is 0.0432. The van der Waals surface area contributed by atoms with Gasteiger partial charge in [0.1, 0.15) is 5.82 Å². The molecule has 1 amide bonds. The Morgan fingerprint density at radius 2 is 2.33 bits per heavy atom. The molecule has 0 saturated carbocycles. The summed E-state index contributed by atoms with van der Waals surface area (Å²) in [5.41, 5.74) is 0.650. The van der Waals surface area contributed by atoms with Gasteiger partial charge in [-0.15, -0.1) is 0 Å². The Labute approximate surface area is 124 Å². The number of nitrogens with zero attached hydrogens (tertiary/aromatic N) is 2. The first-order valence-electron chi connectivity index (χ1n) is 7.64. The van der Waals surface area contributed by atoms with Gasteiger partial charge in [-0.3, -0.25) is 4.79 Å². The van der Waals surface area contributed by atoms with Gasteiger partial charge < -0.3 is 20.3 Å². The molecule has 6 nitrogen and oxygen atoms in total. The zero-order valence-corrected chi connectivity index (χ0v) is 12.2. The van der Waals surface area contributed by atoms with Crippen LogP contribution in [0.4, 0.5) is 5.82 Å². The summed E-state index contributed by atoms with van der Waals surface area (Å²) in [6.45, 7) is 4.65. The molecule has 0 aliphatic carbocycles. The molecule has 3 heterocycles. The van der Waals surface area contributed by atoms with Crippen LogP contribution >= 0.6 is 0 Å². The highest BCUT2D eigenvalue weighted by atomic mass is 16.5. The van der Waals surface area contributed by atoms with E-state index in [0.29, 0.717) is 31.4 Å². The topological polar surface area (TPSA) is 66.5 Å². The minimum atomic E-state index is -0.0432. The van der Waals surface area contributed by atoms with E-state index in [1.807, 2.05) is 12.1 Å². The van der Waals surface area contributed by atoms with Crippen LogP contribution in [-0.2, 0) is 4.74 Å². The van der Waals surface area contributed by atoms with Gasteiger partial charge in [0.15, 0.2) is 0 Å². The first-order chi connectivity index (χ1) is 10.3. The normalized spacial score (nSPS) is 22.3. The summed E-state index contributed by atoms with van der Waals surface area (Å²) in [6, 6.07) is 4.06. The molecule has 1 atom stereocenters. The van der Waals surface area contributed by atoms with Crippen LogP contribution in [0.1, 0.15) is 23.2 Å². The maximum absolute atomic E-state index is 12.4. The third kappa shape index (κ3) is 3.51. The molecule has 1 unspecified atom stereocenters. The van der Waals surface area contributed by atoms with Crippen LogP contribution < -0.4 is 15.5 Å². The van der Waals surface area contributed by atoms with Crippen molar-refractivity contribution in [3.05, 3.63) is 23.9 Å². The number of amides is 1. The van der Waals surface area contributed by atoms with Crippen molar-refractivity contribution in [3.8, 4) is 0 Å². The standard InChI is InChI=1S/C15H22N4O2/c20-15(18-11-12-3-1-5-16-12)13-4-2-6-17-14(13)19-7-9-21-10-8-19/h2,4,6,12,16H,1,3,5,7-11H2,(H,18,20). The van der Waals surface area contributed by atoms with Crippen molar-refractivity contribution in [2.45, 2.75) is 18.9 Å². The zero-order valence-electron chi connectivity index (χ0n) is 12.2. The summed E-state index contributed by atoms with van der Waals surface area (Å²) in [7, 11) is 0. The predicted molar refractivity (Wildman–Crippen MR) is 80.6 cm³/mol. The average molecular weight is 290 g/mol.